The van der Waals surface area contributed by atoms with E-state index in [-0.39, 0.29) is 0 Å². The molecule has 1 heteroatoms. The van der Waals surface area contributed by atoms with Gasteiger partial charge in [0.05, 0.1) is 6.10 Å². The highest BCUT2D eigenvalue weighted by atomic mass is 16.5. The van der Waals surface area contributed by atoms with Gasteiger partial charge < -0.3 is 4.74 Å². The Morgan fingerprint density at radius 3 is 2.22 bits per heavy atom. The van der Waals surface area contributed by atoms with Crippen LogP contribution in [0.3, 0.4) is 0 Å². The van der Waals surface area contributed by atoms with E-state index in [4.69, 9.17) is 4.74 Å². The molecule has 0 aliphatic heterocycles. The summed E-state index contributed by atoms with van der Waals surface area (Å²) in [6.45, 7) is 8.76. The molecule has 1 unspecified atom stereocenters. The maximum atomic E-state index is 5.52. The zero-order chi connectivity index (χ0) is 13.5. The van der Waals surface area contributed by atoms with E-state index in [0.29, 0.717) is 6.10 Å². The standard InChI is InChI=1S/C17H32O/c1-4-6-7-8-9-10-11-12-13-14-15-16-17(3)18-5-2/h4,6-7,17H,1,5,8-16H2,2-3H3. The summed E-state index contributed by atoms with van der Waals surface area (Å²) in [5.74, 6) is 0. The van der Waals surface area contributed by atoms with Crippen LogP contribution in [0.1, 0.15) is 71.6 Å². The van der Waals surface area contributed by atoms with Crippen molar-refractivity contribution in [3.63, 3.8) is 0 Å². The van der Waals surface area contributed by atoms with Crippen LogP contribution in [0.15, 0.2) is 24.8 Å². The van der Waals surface area contributed by atoms with Crippen LogP contribution in [0.2, 0.25) is 0 Å². The maximum absolute atomic E-state index is 5.52. The van der Waals surface area contributed by atoms with Gasteiger partial charge in [0.1, 0.15) is 0 Å². The van der Waals surface area contributed by atoms with Crippen LogP contribution in [0.25, 0.3) is 0 Å². The van der Waals surface area contributed by atoms with Crippen molar-refractivity contribution < 1.29 is 4.74 Å². The topological polar surface area (TPSA) is 9.23 Å². The maximum Gasteiger partial charge on any atom is 0.0546 e. The molecule has 0 saturated carbocycles. The third kappa shape index (κ3) is 13.5. The number of hydrogen-bond acceptors (Lipinski definition) is 1. The minimum atomic E-state index is 0.451. The van der Waals surface area contributed by atoms with E-state index in [9.17, 15) is 0 Å². The molecule has 18 heavy (non-hydrogen) atoms. The van der Waals surface area contributed by atoms with Crippen molar-refractivity contribution in [1.29, 1.82) is 0 Å². The molecule has 0 spiro atoms. The summed E-state index contributed by atoms with van der Waals surface area (Å²) in [5.41, 5.74) is 0. The van der Waals surface area contributed by atoms with Gasteiger partial charge in [-0.1, -0.05) is 63.3 Å². The minimum absolute atomic E-state index is 0.451. The van der Waals surface area contributed by atoms with Crippen LogP contribution in [0.5, 0.6) is 0 Å². The van der Waals surface area contributed by atoms with Gasteiger partial charge in [0.2, 0.25) is 0 Å². The molecule has 0 saturated heterocycles. The van der Waals surface area contributed by atoms with Gasteiger partial charge in [-0.25, -0.2) is 0 Å². The predicted octanol–water partition coefficient (Wildman–Crippen LogP) is 5.66. The quantitative estimate of drug-likeness (QED) is 0.303. The summed E-state index contributed by atoms with van der Waals surface area (Å²) in [7, 11) is 0. The minimum Gasteiger partial charge on any atom is -0.379 e. The summed E-state index contributed by atoms with van der Waals surface area (Å²) in [5, 5.41) is 0. The van der Waals surface area contributed by atoms with Gasteiger partial charge in [-0.05, 0) is 33.1 Å². The molecule has 1 atom stereocenters. The van der Waals surface area contributed by atoms with Crippen LogP contribution >= 0.6 is 0 Å². The number of ether oxygens (including phenoxy) is 1. The van der Waals surface area contributed by atoms with Crippen LogP contribution < -0.4 is 0 Å². The molecule has 0 amide bonds. The van der Waals surface area contributed by atoms with Crippen molar-refractivity contribution >= 4 is 0 Å². The van der Waals surface area contributed by atoms with Crippen molar-refractivity contribution in [3.8, 4) is 0 Å². The second-order valence-corrected chi connectivity index (χ2v) is 4.98. The largest absolute Gasteiger partial charge is 0.379 e. The molecule has 0 aromatic carbocycles. The molecule has 0 N–H and O–H groups in total. The normalized spacial score (nSPS) is 13.0. The van der Waals surface area contributed by atoms with E-state index in [1.54, 1.807) is 0 Å². The van der Waals surface area contributed by atoms with Gasteiger partial charge in [-0.2, -0.15) is 0 Å². The highest BCUT2D eigenvalue weighted by Gasteiger charge is 1.99. The first-order valence-electron chi connectivity index (χ1n) is 7.70. The summed E-state index contributed by atoms with van der Waals surface area (Å²) >= 11 is 0. The van der Waals surface area contributed by atoms with Gasteiger partial charge in [-0.15, -0.1) is 0 Å². The Labute approximate surface area is 114 Å². The summed E-state index contributed by atoms with van der Waals surface area (Å²) < 4.78 is 5.52. The molecule has 0 aromatic rings. The van der Waals surface area contributed by atoms with Gasteiger partial charge in [-0.3, -0.25) is 0 Å². The summed E-state index contributed by atoms with van der Waals surface area (Å²) in [6, 6.07) is 0. The van der Waals surface area contributed by atoms with Gasteiger partial charge >= 0.3 is 0 Å². The Balaban J connectivity index is 3.07. The molecule has 0 fully saturated rings. The molecule has 0 aliphatic carbocycles. The number of rotatable bonds is 13. The van der Waals surface area contributed by atoms with Crippen LogP contribution in [-0.4, -0.2) is 12.7 Å². The first-order chi connectivity index (χ1) is 8.81. The Morgan fingerprint density at radius 2 is 1.61 bits per heavy atom. The molecular formula is C17H32O. The Hall–Kier alpha value is -0.560. The lowest BCUT2D eigenvalue weighted by molar-refractivity contribution is 0.0683. The van der Waals surface area contributed by atoms with Gasteiger partial charge in [0.15, 0.2) is 0 Å². The molecule has 106 valence electrons. The molecule has 0 aromatic heterocycles. The van der Waals surface area contributed by atoms with Crippen LogP contribution in [-0.2, 0) is 4.74 Å². The van der Waals surface area contributed by atoms with E-state index >= 15 is 0 Å². The fourth-order valence-corrected chi connectivity index (χ4v) is 2.14. The summed E-state index contributed by atoms with van der Waals surface area (Å²) in [6.07, 6.45) is 18.5. The van der Waals surface area contributed by atoms with E-state index in [2.05, 4.69) is 26.5 Å². The van der Waals surface area contributed by atoms with E-state index in [0.717, 1.165) is 6.61 Å². The number of unbranched alkanes of at least 4 members (excludes halogenated alkanes) is 7. The molecule has 0 bridgehead atoms. The van der Waals surface area contributed by atoms with Crippen molar-refractivity contribution in [3.05, 3.63) is 24.8 Å². The van der Waals surface area contributed by atoms with E-state index < -0.39 is 0 Å². The molecule has 1 nitrogen and oxygen atoms in total. The Kier molecular flexibility index (Phi) is 14.0. The first kappa shape index (κ1) is 17.4. The highest BCUT2D eigenvalue weighted by Crippen LogP contribution is 2.11. The molecule has 0 rings (SSSR count). The van der Waals surface area contributed by atoms with Crippen molar-refractivity contribution in [2.24, 2.45) is 0 Å². The smallest absolute Gasteiger partial charge is 0.0546 e. The third-order valence-electron chi connectivity index (χ3n) is 3.20. The lowest BCUT2D eigenvalue weighted by Crippen LogP contribution is -2.07. The number of hydrogen-bond donors (Lipinski definition) is 0. The molecule has 0 heterocycles. The predicted molar refractivity (Wildman–Crippen MR) is 82.0 cm³/mol. The van der Waals surface area contributed by atoms with Crippen molar-refractivity contribution in [2.45, 2.75) is 77.7 Å². The lowest BCUT2D eigenvalue weighted by Gasteiger charge is -2.10. The van der Waals surface area contributed by atoms with Crippen molar-refractivity contribution in [1.82, 2.24) is 0 Å². The molecule has 0 radical (unpaired) electrons. The van der Waals surface area contributed by atoms with Gasteiger partial charge in [0, 0.05) is 6.61 Å². The second-order valence-electron chi connectivity index (χ2n) is 4.98. The number of allylic oxidation sites excluding steroid dienone is 3. The van der Waals surface area contributed by atoms with Crippen LogP contribution in [0.4, 0.5) is 0 Å². The fourth-order valence-electron chi connectivity index (χ4n) is 2.14. The first-order valence-corrected chi connectivity index (χ1v) is 7.70. The zero-order valence-electron chi connectivity index (χ0n) is 12.5. The SMILES string of the molecule is C=CC=CCCCCCCCCCC(C)OCC. The monoisotopic (exact) mass is 252 g/mol. The van der Waals surface area contributed by atoms with Crippen LogP contribution in [0, 0.1) is 0 Å². The Bertz CT molecular complexity index is 196. The van der Waals surface area contributed by atoms with E-state index in [1.807, 2.05) is 12.2 Å². The van der Waals surface area contributed by atoms with E-state index in [1.165, 1.54) is 57.8 Å². The zero-order valence-corrected chi connectivity index (χ0v) is 12.5. The third-order valence-corrected chi connectivity index (χ3v) is 3.20. The van der Waals surface area contributed by atoms with Gasteiger partial charge in [0.25, 0.3) is 0 Å². The highest BCUT2D eigenvalue weighted by molar-refractivity contribution is 4.96. The Morgan fingerprint density at radius 1 is 1.00 bits per heavy atom. The summed E-state index contributed by atoms with van der Waals surface area (Å²) in [4.78, 5) is 0. The fraction of sp³-hybridized carbons (Fsp3) is 0.765. The molecule has 0 aliphatic rings. The lowest BCUT2D eigenvalue weighted by atomic mass is 10.1. The average molecular weight is 252 g/mol. The second kappa shape index (κ2) is 14.5. The molecular weight excluding hydrogens is 220 g/mol. The van der Waals surface area contributed by atoms with Crippen molar-refractivity contribution in [2.75, 3.05) is 6.61 Å². The average Bonchev–Trinajstić information content (AvgIpc) is 2.36.